The maximum Gasteiger partial charge on any atom is 0.414 e. The zero-order chi connectivity index (χ0) is 21.7. The lowest BCUT2D eigenvalue weighted by Gasteiger charge is -2.21. The Kier molecular flexibility index (Phi) is 6.35. The Morgan fingerprint density at radius 3 is 2.67 bits per heavy atom. The first kappa shape index (κ1) is 20.9. The number of rotatable bonds is 6. The molecule has 1 fully saturated rings. The molecule has 0 radical (unpaired) electrons. The summed E-state index contributed by atoms with van der Waals surface area (Å²) in [6.07, 6.45) is -3.29. The van der Waals surface area contributed by atoms with Gasteiger partial charge in [-0.1, -0.05) is 30.3 Å². The fraction of sp³-hybridized carbons (Fsp3) is 0.250. The van der Waals surface area contributed by atoms with Crippen molar-refractivity contribution >= 4 is 29.7 Å². The second kappa shape index (κ2) is 9.12. The molecule has 1 heterocycles. The first-order valence-electron chi connectivity index (χ1n) is 9.03. The average Bonchev–Trinajstić information content (AvgIpc) is 3.11. The van der Waals surface area contributed by atoms with E-state index in [0.717, 1.165) is 11.0 Å². The van der Waals surface area contributed by atoms with Crippen molar-refractivity contribution in [1.29, 1.82) is 0 Å². The van der Waals surface area contributed by atoms with Crippen LogP contribution < -0.4 is 15.1 Å². The number of amides is 3. The number of ether oxygens (including phenoxy) is 2. The third-order valence-electron chi connectivity index (χ3n) is 4.48. The van der Waals surface area contributed by atoms with Gasteiger partial charge in [0.1, 0.15) is 11.9 Å². The van der Waals surface area contributed by atoms with Crippen LogP contribution in [-0.4, -0.2) is 49.7 Å². The van der Waals surface area contributed by atoms with E-state index in [1.54, 1.807) is 30.3 Å². The van der Waals surface area contributed by atoms with Crippen LogP contribution in [0.5, 0.6) is 0 Å². The van der Waals surface area contributed by atoms with Gasteiger partial charge in [-0.05, 0) is 23.8 Å². The summed E-state index contributed by atoms with van der Waals surface area (Å²) in [5.74, 6) is -0.797. The fourth-order valence-electron chi connectivity index (χ4n) is 3.01. The number of carboxylic acid groups (broad SMARTS) is 1. The highest BCUT2D eigenvalue weighted by molar-refractivity contribution is 5.91. The van der Waals surface area contributed by atoms with Gasteiger partial charge >= 0.3 is 18.3 Å². The number of halogens is 1. The molecule has 0 spiro atoms. The minimum absolute atomic E-state index is 0.0283. The molecule has 0 aromatic heterocycles. The van der Waals surface area contributed by atoms with E-state index in [0.29, 0.717) is 5.56 Å². The Morgan fingerprint density at radius 1 is 1.30 bits per heavy atom. The first-order valence-corrected chi connectivity index (χ1v) is 9.03. The van der Waals surface area contributed by atoms with Crippen molar-refractivity contribution in [1.82, 2.24) is 5.32 Å². The van der Waals surface area contributed by atoms with E-state index < -0.39 is 30.2 Å². The van der Waals surface area contributed by atoms with E-state index in [1.165, 1.54) is 24.1 Å². The lowest BCUT2D eigenvalue weighted by Crippen LogP contribution is -2.34. The SMILES string of the molecule is COC(=O)NCC1CN(c2ccc(N(Cc3ccccc3)C(=O)O)c(F)c2)C(=O)O1. The van der Waals surface area contributed by atoms with Crippen LogP contribution in [0, 0.1) is 5.82 Å². The van der Waals surface area contributed by atoms with Crippen LogP contribution in [-0.2, 0) is 16.0 Å². The van der Waals surface area contributed by atoms with Crippen LogP contribution in [0.1, 0.15) is 5.56 Å². The second-order valence-corrected chi connectivity index (χ2v) is 6.48. The van der Waals surface area contributed by atoms with Gasteiger partial charge in [-0.15, -0.1) is 0 Å². The third kappa shape index (κ3) is 4.77. The van der Waals surface area contributed by atoms with Crippen LogP contribution in [0.25, 0.3) is 0 Å². The van der Waals surface area contributed by atoms with Crippen molar-refractivity contribution in [2.75, 3.05) is 30.0 Å². The van der Waals surface area contributed by atoms with Gasteiger partial charge in [-0.3, -0.25) is 9.80 Å². The largest absolute Gasteiger partial charge is 0.465 e. The maximum atomic E-state index is 14.8. The summed E-state index contributed by atoms with van der Waals surface area (Å²) in [5.41, 5.74) is 0.783. The Bertz CT molecular complexity index is 939. The topological polar surface area (TPSA) is 108 Å². The highest BCUT2D eigenvalue weighted by atomic mass is 19.1. The molecular formula is C20H20FN3O6. The van der Waals surface area contributed by atoms with Crippen molar-refractivity contribution in [3.05, 3.63) is 59.9 Å². The predicted molar refractivity (Wildman–Crippen MR) is 105 cm³/mol. The molecule has 1 aliphatic heterocycles. The smallest absolute Gasteiger partial charge is 0.414 e. The average molecular weight is 417 g/mol. The Balaban J connectivity index is 1.74. The molecule has 158 valence electrons. The number of carbonyl (C=O) groups excluding carboxylic acids is 2. The Hall–Kier alpha value is -3.82. The molecular weight excluding hydrogens is 397 g/mol. The lowest BCUT2D eigenvalue weighted by molar-refractivity contribution is 0.132. The Labute approximate surface area is 171 Å². The molecule has 0 aliphatic carbocycles. The highest BCUT2D eigenvalue weighted by Crippen LogP contribution is 2.29. The molecule has 2 N–H and O–H groups in total. The number of alkyl carbamates (subject to hydrolysis) is 1. The minimum Gasteiger partial charge on any atom is -0.465 e. The normalized spacial score (nSPS) is 15.5. The molecule has 2 aromatic rings. The van der Waals surface area contributed by atoms with Crippen LogP contribution in [0.3, 0.4) is 0 Å². The highest BCUT2D eigenvalue weighted by Gasteiger charge is 2.33. The van der Waals surface area contributed by atoms with E-state index in [9.17, 15) is 23.9 Å². The molecule has 3 rings (SSSR count). The zero-order valence-corrected chi connectivity index (χ0v) is 16.1. The lowest BCUT2D eigenvalue weighted by atomic mass is 10.2. The van der Waals surface area contributed by atoms with Crippen LogP contribution in [0.2, 0.25) is 0 Å². The van der Waals surface area contributed by atoms with E-state index >= 15 is 0 Å². The molecule has 9 nitrogen and oxygen atoms in total. The second-order valence-electron chi connectivity index (χ2n) is 6.48. The van der Waals surface area contributed by atoms with E-state index in [1.807, 2.05) is 0 Å². The van der Waals surface area contributed by atoms with Gasteiger partial charge in [-0.25, -0.2) is 18.8 Å². The number of nitrogens with zero attached hydrogens (tertiary/aromatic N) is 2. The molecule has 1 saturated heterocycles. The van der Waals surface area contributed by atoms with Gasteiger partial charge in [0.2, 0.25) is 0 Å². The van der Waals surface area contributed by atoms with Crippen LogP contribution in [0.15, 0.2) is 48.5 Å². The van der Waals surface area contributed by atoms with Crippen LogP contribution in [0.4, 0.5) is 30.1 Å². The molecule has 1 unspecified atom stereocenters. The van der Waals surface area contributed by atoms with E-state index in [-0.39, 0.29) is 31.0 Å². The van der Waals surface area contributed by atoms with Crippen molar-refractivity contribution in [3.63, 3.8) is 0 Å². The number of cyclic esters (lactones) is 1. The van der Waals surface area contributed by atoms with Crippen molar-refractivity contribution in [2.24, 2.45) is 0 Å². The molecule has 2 aromatic carbocycles. The first-order chi connectivity index (χ1) is 14.4. The minimum atomic E-state index is -1.31. The van der Waals surface area contributed by atoms with Gasteiger partial charge in [0, 0.05) is 0 Å². The zero-order valence-electron chi connectivity index (χ0n) is 16.1. The fourth-order valence-corrected chi connectivity index (χ4v) is 3.01. The van der Waals surface area contributed by atoms with Crippen LogP contribution >= 0.6 is 0 Å². The predicted octanol–water partition coefficient (Wildman–Crippen LogP) is 3.19. The molecule has 0 bridgehead atoms. The van der Waals surface area contributed by atoms with Gasteiger partial charge < -0.3 is 19.9 Å². The van der Waals surface area contributed by atoms with Gasteiger partial charge in [0.15, 0.2) is 0 Å². The number of hydrogen-bond acceptors (Lipinski definition) is 5. The number of carbonyl (C=O) groups is 3. The van der Waals surface area contributed by atoms with Crippen molar-refractivity contribution in [3.8, 4) is 0 Å². The number of hydrogen-bond donors (Lipinski definition) is 2. The number of methoxy groups -OCH3 is 1. The summed E-state index contributed by atoms with van der Waals surface area (Å²) in [4.78, 5) is 37.0. The van der Waals surface area contributed by atoms with Gasteiger partial charge in [0.05, 0.1) is 38.1 Å². The summed E-state index contributed by atoms with van der Waals surface area (Å²) >= 11 is 0. The van der Waals surface area contributed by atoms with Gasteiger partial charge in [-0.2, -0.15) is 0 Å². The van der Waals surface area contributed by atoms with E-state index in [2.05, 4.69) is 10.1 Å². The summed E-state index contributed by atoms with van der Waals surface area (Å²) in [5, 5.41) is 12.0. The Morgan fingerprint density at radius 2 is 2.03 bits per heavy atom. The summed E-state index contributed by atoms with van der Waals surface area (Å²) in [6, 6.07) is 12.6. The molecule has 30 heavy (non-hydrogen) atoms. The number of benzene rings is 2. The summed E-state index contributed by atoms with van der Waals surface area (Å²) in [7, 11) is 1.21. The molecule has 3 amide bonds. The molecule has 1 atom stereocenters. The summed E-state index contributed by atoms with van der Waals surface area (Å²) < 4.78 is 24.4. The molecule has 1 aliphatic rings. The summed E-state index contributed by atoms with van der Waals surface area (Å²) in [6.45, 7) is 0.104. The number of anilines is 2. The quantitative estimate of drug-likeness (QED) is 0.747. The molecule has 10 heteroatoms. The number of nitrogens with one attached hydrogen (secondary N) is 1. The van der Waals surface area contributed by atoms with E-state index in [4.69, 9.17) is 4.74 Å². The van der Waals surface area contributed by atoms with Gasteiger partial charge in [0.25, 0.3) is 0 Å². The van der Waals surface area contributed by atoms with Crippen molar-refractivity contribution in [2.45, 2.75) is 12.6 Å². The maximum absolute atomic E-state index is 14.8. The monoisotopic (exact) mass is 417 g/mol. The molecule has 0 saturated carbocycles. The third-order valence-corrected chi connectivity index (χ3v) is 4.48. The van der Waals surface area contributed by atoms with Crippen molar-refractivity contribution < 1.29 is 33.4 Å². The standard InChI is InChI=1S/C20H20FN3O6/c1-29-18(25)22-10-15-12-23(20(28)30-15)14-7-8-17(16(21)9-14)24(19(26)27)11-13-5-3-2-4-6-13/h2-9,15H,10-12H2,1H3,(H,22,25)(H,26,27).